The molecule has 0 radical (unpaired) electrons. The normalized spacial score (nSPS) is 30.1. The van der Waals surface area contributed by atoms with Gasteiger partial charge in [0.15, 0.2) is 42.3 Å². The van der Waals surface area contributed by atoms with Gasteiger partial charge in [0.25, 0.3) is 0 Å². The smallest absolute Gasteiger partial charge is 0.303 e. The van der Waals surface area contributed by atoms with Crippen LogP contribution in [0.4, 0.5) is 0 Å². The van der Waals surface area contributed by atoms with E-state index in [1.54, 1.807) is 27.7 Å². The van der Waals surface area contributed by atoms with Crippen LogP contribution in [0.3, 0.4) is 0 Å². The zero-order valence-corrected chi connectivity index (χ0v) is 27.3. The van der Waals surface area contributed by atoms with Gasteiger partial charge in [0.05, 0.1) is 13.2 Å². The first-order chi connectivity index (χ1) is 20.5. The van der Waals surface area contributed by atoms with Gasteiger partial charge < -0.3 is 52.5 Å². The molecular weight excluding hydrogens is 608 g/mol. The van der Waals surface area contributed by atoms with E-state index in [1.165, 1.54) is 11.8 Å². The Kier molecular flexibility index (Phi) is 12.4. The molecule has 10 atom stereocenters. The largest absolute Gasteiger partial charge is 0.456 e. The first-order valence-corrected chi connectivity index (χ1v) is 15.4. The third-order valence-corrected chi connectivity index (χ3v) is 7.76. The number of ether oxygens (including phenoxy) is 10. The molecule has 44 heavy (non-hydrogen) atoms. The summed E-state index contributed by atoms with van der Waals surface area (Å²) in [5, 5.41) is 10.0. The van der Waals surface area contributed by atoms with Crippen molar-refractivity contribution in [3.63, 3.8) is 0 Å². The molecule has 252 valence electrons. The molecule has 0 spiro atoms. The average Bonchev–Trinajstić information content (AvgIpc) is 3.39. The van der Waals surface area contributed by atoms with Gasteiger partial charge in [-0.25, -0.2) is 0 Å². The van der Waals surface area contributed by atoms with Gasteiger partial charge in [-0.3, -0.25) is 19.2 Å². The van der Waals surface area contributed by atoms with E-state index in [0.29, 0.717) is 5.75 Å². The number of fused-ring (bicyclic) bond motifs is 3. The maximum atomic E-state index is 12.4. The molecule has 1 N–H and O–H groups in total. The van der Waals surface area contributed by atoms with Crippen LogP contribution in [-0.2, 0) is 66.5 Å². The van der Waals surface area contributed by atoms with Crippen LogP contribution in [-0.4, -0.2) is 120 Å². The molecule has 3 heterocycles. The molecule has 0 amide bonds. The summed E-state index contributed by atoms with van der Waals surface area (Å²) in [6.45, 7) is 12.4. The van der Waals surface area contributed by atoms with Crippen molar-refractivity contribution >= 4 is 35.6 Å². The second-order valence-corrected chi connectivity index (χ2v) is 12.8. The Morgan fingerprint density at radius 1 is 0.727 bits per heavy atom. The van der Waals surface area contributed by atoms with E-state index in [0.717, 1.165) is 27.7 Å². The van der Waals surface area contributed by atoms with Crippen molar-refractivity contribution in [1.29, 1.82) is 0 Å². The molecule has 0 aliphatic carbocycles. The van der Waals surface area contributed by atoms with Gasteiger partial charge in [0, 0.05) is 27.7 Å². The Hall–Kier alpha value is -2.05. The molecular formula is C28H44O15S. The van der Waals surface area contributed by atoms with Crippen molar-refractivity contribution in [3.8, 4) is 0 Å². The van der Waals surface area contributed by atoms with E-state index < -0.39 is 103 Å². The van der Waals surface area contributed by atoms with Crippen LogP contribution in [0, 0.1) is 0 Å². The average molecular weight is 653 g/mol. The molecule has 15 nitrogen and oxygen atoms in total. The van der Waals surface area contributed by atoms with Crippen molar-refractivity contribution in [1.82, 2.24) is 0 Å². The summed E-state index contributed by atoms with van der Waals surface area (Å²) in [5.41, 5.74) is -1.05. The number of rotatable bonds is 14. The fraction of sp³-hybridized carbons (Fsp3) is 0.857. The van der Waals surface area contributed by atoms with E-state index in [2.05, 4.69) is 0 Å². The highest BCUT2D eigenvalue weighted by atomic mass is 32.2. The molecule has 3 fully saturated rings. The Morgan fingerprint density at radius 2 is 1.23 bits per heavy atom. The van der Waals surface area contributed by atoms with Gasteiger partial charge in [-0.05, 0) is 33.4 Å². The number of carbonyl (C=O) groups excluding carboxylic acids is 4. The fourth-order valence-electron chi connectivity index (χ4n) is 5.37. The highest BCUT2D eigenvalue weighted by Crippen LogP contribution is 2.44. The number of hydrogen-bond acceptors (Lipinski definition) is 16. The first kappa shape index (κ1) is 36.4. The number of thioether (sulfide) groups is 1. The van der Waals surface area contributed by atoms with Crippen LogP contribution in [0.1, 0.15) is 62.3 Å². The van der Waals surface area contributed by atoms with Gasteiger partial charge >= 0.3 is 23.9 Å². The fourth-order valence-corrected chi connectivity index (χ4v) is 6.27. The lowest BCUT2D eigenvalue weighted by molar-refractivity contribution is -0.247. The van der Waals surface area contributed by atoms with E-state index in [1.807, 2.05) is 6.92 Å². The number of carbonyl (C=O) groups is 4. The maximum absolute atomic E-state index is 12.4. The number of aliphatic hydroxyl groups excluding tert-OH is 1. The summed E-state index contributed by atoms with van der Waals surface area (Å²) in [7, 11) is 0. The SMILES string of the molecule is CCS[C@H](OC[C@H]1O[C@@H]2OC(C)(C)O[C@@H]2[C@H]2OC(C)(C)O[C@H]21)[C@H](OC(C)=O)[C@@H](OC(C)=O)[C@@H](OC(C)=O)[C@@H](CO)OC(C)=O. The van der Waals surface area contributed by atoms with Crippen LogP contribution in [0.15, 0.2) is 0 Å². The van der Waals surface area contributed by atoms with Gasteiger partial charge in [0.2, 0.25) is 0 Å². The van der Waals surface area contributed by atoms with Gasteiger partial charge in [-0.15, -0.1) is 11.8 Å². The highest BCUT2D eigenvalue weighted by Gasteiger charge is 2.61. The van der Waals surface area contributed by atoms with Gasteiger partial charge in [0.1, 0.15) is 29.9 Å². The quantitative estimate of drug-likeness (QED) is 0.160. The third-order valence-electron chi connectivity index (χ3n) is 6.69. The van der Waals surface area contributed by atoms with Gasteiger partial charge in [-0.2, -0.15) is 0 Å². The van der Waals surface area contributed by atoms with Crippen LogP contribution in [0.5, 0.6) is 0 Å². The predicted molar refractivity (Wildman–Crippen MR) is 150 cm³/mol. The topological polar surface area (TPSA) is 181 Å². The first-order valence-electron chi connectivity index (χ1n) is 14.4. The van der Waals surface area contributed by atoms with Gasteiger partial charge in [-0.1, -0.05) is 6.92 Å². The van der Waals surface area contributed by atoms with Crippen molar-refractivity contribution < 1.29 is 71.7 Å². The number of hydrogen-bond donors (Lipinski definition) is 1. The predicted octanol–water partition coefficient (Wildman–Crippen LogP) is 1.20. The molecule has 3 aliphatic heterocycles. The lowest BCUT2D eigenvalue weighted by atomic mass is 9.99. The van der Waals surface area contributed by atoms with Crippen molar-refractivity contribution in [2.45, 2.75) is 134 Å². The summed E-state index contributed by atoms with van der Waals surface area (Å²) in [5.74, 6) is -4.66. The van der Waals surface area contributed by atoms with E-state index in [4.69, 9.17) is 47.4 Å². The Morgan fingerprint density at radius 3 is 1.77 bits per heavy atom. The summed E-state index contributed by atoms with van der Waals surface area (Å²) < 4.78 is 58.6. The van der Waals surface area contributed by atoms with Crippen LogP contribution < -0.4 is 0 Å². The number of esters is 4. The van der Waals surface area contributed by atoms with Crippen molar-refractivity contribution in [3.05, 3.63) is 0 Å². The standard InChI is InChI=1S/C28H44O15S/c1-10-44-26(34-12-18-20-22(41-27(6,7)40-20)23-25(39-18)43-28(8,9)42-23)24(38-16(5)33)21(37-15(4)32)19(36-14(3)31)17(11-29)35-13(2)30/h17-26,29H,10-12H2,1-9H3/t17-,18-,19+,20+,21+,22+,23-,24-,25-,26+/m1/s1. The van der Waals surface area contributed by atoms with Crippen LogP contribution in [0.25, 0.3) is 0 Å². The molecule has 16 heteroatoms. The molecule has 0 saturated carbocycles. The minimum atomic E-state index is -1.58. The van der Waals surface area contributed by atoms with Crippen LogP contribution >= 0.6 is 11.8 Å². The summed E-state index contributed by atoms with van der Waals surface area (Å²) >= 11 is 1.20. The molecule has 3 saturated heterocycles. The molecule has 3 rings (SSSR count). The molecule has 0 aromatic heterocycles. The summed E-state index contributed by atoms with van der Waals surface area (Å²) in [6, 6.07) is 0. The second-order valence-electron chi connectivity index (χ2n) is 11.4. The van der Waals surface area contributed by atoms with Crippen molar-refractivity contribution in [2.24, 2.45) is 0 Å². The summed E-state index contributed by atoms with van der Waals surface area (Å²) in [6.07, 6.45) is -9.27. The zero-order valence-electron chi connectivity index (χ0n) is 26.5. The molecule has 0 aromatic carbocycles. The number of aliphatic hydroxyl groups is 1. The maximum Gasteiger partial charge on any atom is 0.303 e. The monoisotopic (exact) mass is 652 g/mol. The molecule has 3 aliphatic rings. The minimum Gasteiger partial charge on any atom is -0.456 e. The lowest BCUT2D eigenvalue weighted by Gasteiger charge is -2.40. The second kappa shape index (κ2) is 15.0. The van der Waals surface area contributed by atoms with E-state index in [-0.39, 0.29) is 6.61 Å². The highest BCUT2D eigenvalue weighted by molar-refractivity contribution is 7.99. The summed E-state index contributed by atoms with van der Waals surface area (Å²) in [4.78, 5) is 48.6. The minimum absolute atomic E-state index is 0.124. The zero-order chi connectivity index (χ0) is 33.0. The third kappa shape index (κ3) is 9.48. The van der Waals surface area contributed by atoms with Crippen LogP contribution in [0.2, 0.25) is 0 Å². The Bertz CT molecular complexity index is 1030. The molecule has 0 bridgehead atoms. The van der Waals surface area contributed by atoms with E-state index in [9.17, 15) is 24.3 Å². The molecule has 0 unspecified atom stereocenters. The van der Waals surface area contributed by atoms with Crippen molar-refractivity contribution in [2.75, 3.05) is 19.0 Å². The lowest BCUT2D eigenvalue weighted by Crippen LogP contribution is -2.58. The molecule has 0 aromatic rings. The van der Waals surface area contributed by atoms with E-state index >= 15 is 0 Å². The Labute approximate surface area is 260 Å². The Balaban J connectivity index is 1.95.